The average molecular weight is 283 g/mol. The molecule has 0 atom stereocenters. The van der Waals surface area contributed by atoms with E-state index in [1.165, 1.54) is 5.56 Å². The van der Waals surface area contributed by atoms with Gasteiger partial charge in [-0.3, -0.25) is 4.98 Å². The van der Waals surface area contributed by atoms with Crippen LogP contribution in [0.15, 0.2) is 42.6 Å². The van der Waals surface area contributed by atoms with Crippen LogP contribution in [0.5, 0.6) is 0 Å². The molecular weight excluding hydrogens is 273 g/mol. The SMILES string of the molecule is Clc1ccc(-c2ccc(CBr)cn2)cc1. The van der Waals surface area contributed by atoms with Gasteiger partial charge >= 0.3 is 0 Å². The van der Waals surface area contributed by atoms with Crippen molar-refractivity contribution in [1.29, 1.82) is 0 Å². The summed E-state index contributed by atoms with van der Waals surface area (Å²) in [6.07, 6.45) is 1.87. The fourth-order valence-corrected chi connectivity index (χ4v) is 1.75. The molecule has 1 nitrogen and oxygen atoms in total. The highest BCUT2D eigenvalue weighted by atomic mass is 79.9. The summed E-state index contributed by atoms with van der Waals surface area (Å²) in [6.45, 7) is 0. The zero-order chi connectivity index (χ0) is 10.7. The van der Waals surface area contributed by atoms with Crippen molar-refractivity contribution in [2.75, 3.05) is 0 Å². The van der Waals surface area contributed by atoms with Crippen LogP contribution in [0, 0.1) is 0 Å². The van der Waals surface area contributed by atoms with Crippen molar-refractivity contribution in [3.63, 3.8) is 0 Å². The van der Waals surface area contributed by atoms with Gasteiger partial charge in [0.1, 0.15) is 0 Å². The molecule has 0 fully saturated rings. The highest BCUT2D eigenvalue weighted by Crippen LogP contribution is 2.19. The molecular formula is C12H9BrClN. The first-order chi connectivity index (χ1) is 7.29. The van der Waals surface area contributed by atoms with E-state index < -0.39 is 0 Å². The van der Waals surface area contributed by atoms with Crippen LogP contribution in [0.1, 0.15) is 5.56 Å². The van der Waals surface area contributed by atoms with E-state index in [0.717, 1.165) is 21.6 Å². The predicted molar refractivity (Wildman–Crippen MR) is 67.3 cm³/mol. The Morgan fingerprint density at radius 2 is 1.80 bits per heavy atom. The van der Waals surface area contributed by atoms with E-state index in [1.54, 1.807) is 0 Å². The Labute approximate surface area is 102 Å². The highest BCUT2D eigenvalue weighted by Gasteiger charge is 1.98. The van der Waals surface area contributed by atoms with Crippen LogP contribution in [0.4, 0.5) is 0 Å². The molecule has 0 unspecified atom stereocenters. The van der Waals surface area contributed by atoms with Crippen LogP contribution in [0.25, 0.3) is 11.3 Å². The summed E-state index contributed by atoms with van der Waals surface area (Å²) in [6, 6.07) is 11.8. The summed E-state index contributed by atoms with van der Waals surface area (Å²) < 4.78 is 0. The van der Waals surface area contributed by atoms with Crippen LogP contribution in [0.2, 0.25) is 5.02 Å². The number of pyridine rings is 1. The molecule has 0 bridgehead atoms. The van der Waals surface area contributed by atoms with E-state index in [9.17, 15) is 0 Å². The van der Waals surface area contributed by atoms with Gasteiger partial charge in [0, 0.05) is 22.1 Å². The number of rotatable bonds is 2. The molecule has 76 valence electrons. The van der Waals surface area contributed by atoms with Gasteiger partial charge in [0.25, 0.3) is 0 Å². The largest absolute Gasteiger partial charge is 0.256 e. The van der Waals surface area contributed by atoms with Gasteiger partial charge in [-0.2, -0.15) is 0 Å². The standard InChI is InChI=1S/C12H9BrClN/c13-7-9-1-6-12(15-8-9)10-2-4-11(14)5-3-10/h1-6,8H,7H2. The van der Waals surface area contributed by atoms with E-state index in [-0.39, 0.29) is 0 Å². The van der Waals surface area contributed by atoms with Crippen LogP contribution in [-0.2, 0) is 5.33 Å². The van der Waals surface area contributed by atoms with E-state index >= 15 is 0 Å². The van der Waals surface area contributed by atoms with E-state index in [0.29, 0.717) is 0 Å². The second kappa shape index (κ2) is 4.77. The lowest BCUT2D eigenvalue weighted by atomic mass is 10.1. The zero-order valence-electron chi connectivity index (χ0n) is 7.95. The zero-order valence-corrected chi connectivity index (χ0v) is 10.3. The summed E-state index contributed by atoms with van der Waals surface area (Å²) >= 11 is 9.21. The summed E-state index contributed by atoms with van der Waals surface area (Å²) in [5.41, 5.74) is 3.23. The Hall–Kier alpha value is -0.860. The minimum Gasteiger partial charge on any atom is -0.256 e. The molecule has 0 aliphatic heterocycles. The van der Waals surface area contributed by atoms with Crippen molar-refractivity contribution in [3.05, 3.63) is 53.2 Å². The van der Waals surface area contributed by atoms with E-state index in [2.05, 4.69) is 27.0 Å². The van der Waals surface area contributed by atoms with Crippen LogP contribution >= 0.6 is 27.5 Å². The van der Waals surface area contributed by atoms with Crippen molar-refractivity contribution in [2.45, 2.75) is 5.33 Å². The van der Waals surface area contributed by atoms with Gasteiger partial charge in [-0.1, -0.05) is 45.7 Å². The molecule has 0 radical (unpaired) electrons. The maximum absolute atomic E-state index is 5.82. The molecule has 0 aliphatic rings. The van der Waals surface area contributed by atoms with Crippen LogP contribution < -0.4 is 0 Å². The van der Waals surface area contributed by atoms with Gasteiger partial charge in [-0.05, 0) is 23.8 Å². The lowest BCUT2D eigenvalue weighted by molar-refractivity contribution is 1.26. The van der Waals surface area contributed by atoms with Gasteiger partial charge < -0.3 is 0 Å². The summed E-state index contributed by atoms with van der Waals surface area (Å²) in [4.78, 5) is 4.38. The number of alkyl halides is 1. The van der Waals surface area contributed by atoms with Crippen LogP contribution in [0.3, 0.4) is 0 Å². The molecule has 2 aromatic rings. The Balaban J connectivity index is 2.33. The Morgan fingerprint density at radius 1 is 1.07 bits per heavy atom. The fraction of sp³-hybridized carbons (Fsp3) is 0.0833. The molecule has 2 rings (SSSR count). The molecule has 0 saturated heterocycles. The lowest BCUT2D eigenvalue weighted by Gasteiger charge is -2.01. The van der Waals surface area contributed by atoms with Gasteiger partial charge in [0.05, 0.1) is 5.69 Å². The van der Waals surface area contributed by atoms with Crippen molar-refractivity contribution in [2.24, 2.45) is 0 Å². The average Bonchev–Trinajstić information content (AvgIpc) is 2.30. The second-order valence-corrected chi connectivity index (χ2v) is 4.19. The molecule has 1 aromatic heterocycles. The normalized spacial score (nSPS) is 10.3. The third-order valence-corrected chi connectivity index (χ3v) is 3.02. The maximum Gasteiger partial charge on any atom is 0.0702 e. The first kappa shape index (κ1) is 10.7. The second-order valence-electron chi connectivity index (χ2n) is 3.19. The van der Waals surface area contributed by atoms with E-state index in [1.807, 2.05) is 36.5 Å². The topological polar surface area (TPSA) is 12.9 Å². The van der Waals surface area contributed by atoms with Gasteiger partial charge in [-0.25, -0.2) is 0 Å². The van der Waals surface area contributed by atoms with Crippen molar-refractivity contribution in [3.8, 4) is 11.3 Å². The third-order valence-electron chi connectivity index (χ3n) is 2.12. The Morgan fingerprint density at radius 3 is 2.33 bits per heavy atom. The number of aromatic nitrogens is 1. The Bertz CT molecular complexity index is 436. The summed E-state index contributed by atoms with van der Waals surface area (Å²) in [7, 11) is 0. The van der Waals surface area contributed by atoms with Crippen molar-refractivity contribution >= 4 is 27.5 Å². The number of halogens is 2. The van der Waals surface area contributed by atoms with Crippen molar-refractivity contribution in [1.82, 2.24) is 4.98 Å². The molecule has 0 amide bonds. The number of benzene rings is 1. The molecule has 1 heterocycles. The predicted octanol–water partition coefficient (Wildman–Crippen LogP) is 4.30. The summed E-state index contributed by atoms with van der Waals surface area (Å²) in [5.74, 6) is 0. The molecule has 0 spiro atoms. The third kappa shape index (κ3) is 2.58. The Kier molecular flexibility index (Phi) is 3.39. The van der Waals surface area contributed by atoms with Gasteiger partial charge in [0.15, 0.2) is 0 Å². The monoisotopic (exact) mass is 281 g/mol. The first-order valence-electron chi connectivity index (χ1n) is 4.56. The van der Waals surface area contributed by atoms with Gasteiger partial charge in [-0.15, -0.1) is 0 Å². The number of nitrogens with zero attached hydrogens (tertiary/aromatic N) is 1. The van der Waals surface area contributed by atoms with Crippen LogP contribution in [-0.4, -0.2) is 4.98 Å². The van der Waals surface area contributed by atoms with E-state index in [4.69, 9.17) is 11.6 Å². The maximum atomic E-state index is 5.82. The van der Waals surface area contributed by atoms with Crippen molar-refractivity contribution < 1.29 is 0 Å². The summed E-state index contributed by atoms with van der Waals surface area (Å²) in [5, 5.41) is 1.58. The highest BCUT2D eigenvalue weighted by molar-refractivity contribution is 9.08. The number of hydrogen-bond donors (Lipinski definition) is 0. The van der Waals surface area contributed by atoms with Gasteiger partial charge in [0.2, 0.25) is 0 Å². The molecule has 1 aromatic carbocycles. The first-order valence-corrected chi connectivity index (χ1v) is 6.06. The molecule has 15 heavy (non-hydrogen) atoms. The minimum absolute atomic E-state index is 0.746. The minimum atomic E-state index is 0.746. The quantitative estimate of drug-likeness (QED) is 0.749. The molecule has 0 aliphatic carbocycles. The molecule has 3 heteroatoms. The number of hydrogen-bond acceptors (Lipinski definition) is 1. The smallest absolute Gasteiger partial charge is 0.0702 e. The fourth-order valence-electron chi connectivity index (χ4n) is 1.29. The lowest BCUT2D eigenvalue weighted by Crippen LogP contribution is -1.85. The molecule has 0 saturated carbocycles. The molecule has 0 N–H and O–H groups in total.